The summed E-state index contributed by atoms with van der Waals surface area (Å²) in [5, 5.41) is 16.5. The highest BCUT2D eigenvalue weighted by Crippen LogP contribution is 2.68. The number of benzene rings is 2. The summed E-state index contributed by atoms with van der Waals surface area (Å²) in [6, 6.07) is 14.4. The predicted molar refractivity (Wildman–Crippen MR) is 139 cm³/mol. The van der Waals surface area contributed by atoms with Gasteiger partial charge in [-0.15, -0.1) is 11.8 Å². The fourth-order valence-electron chi connectivity index (χ4n) is 5.94. The number of thioether (sulfide) groups is 1. The van der Waals surface area contributed by atoms with E-state index in [0.717, 1.165) is 5.56 Å². The maximum Gasteiger partial charge on any atom is 0.248 e. The molecule has 0 saturated carbocycles. The molecule has 3 saturated heterocycles. The van der Waals surface area contributed by atoms with E-state index in [1.54, 1.807) is 43.1 Å². The number of anilines is 1. The Morgan fingerprint density at radius 2 is 1.89 bits per heavy atom. The first-order valence-electron chi connectivity index (χ1n) is 11.4. The van der Waals surface area contributed by atoms with Crippen LogP contribution >= 0.6 is 39.3 Å². The Kier molecular flexibility index (Phi) is 6.63. The van der Waals surface area contributed by atoms with Gasteiger partial charge in [-0.2, -0.15) is 0 Å². The van der Waals surface area contributed by atoms with E-state index in [4.69, 9.17) is 11.6 Å². The van der Waals surface area contributed by atoms with Gasteiger partial charge in [-0.25, -0.2) is 0 Å². The molecule has 7 nitrogen and oxygen atoms in total. The van der Waals surface area contributed by atoms with Crippen molar-refractivity contribution < 1.29 is 19.5 Å². The van der Waals surface area contributed by atoms with Crippen LogP contribution in [0.25, 0.3) is 0 Å². The Morgan fingerprint density at radius 1 is 1.20 bits per heavy atom. The van der Waals surface area contributed by atoms with Gasteiger partial charge in [0.25, 0.3) is 0 Å². The molecular weight excluding hydrogens is 554 g/mol. The summed E-state index contributed by atoms with van der Waals surface area (Å²) >= 11 is 11.3. The molecule has 0 radical (unpaired) electrons. The van der Waals surface area contributed by atoms with Crippen LogP contribution in [0.15, 0.2) is 54.6 Å². The predicted octanol–water partition coefficient (Wildman–Crippen LogP) is 3.22. The van der Waals surface area contributed by atoms with Gasteiger partial charge in [-0.05, 0) is 36.2 Å². The molecule has 5 rings (SSSR count). The van der Waals surface area contributed by atoms with Crippen molar-refractivity contribution in [1.82, 2.24) is 10.2 Å². The molecule has 2 bridgehead atoms. The van der Waals surface area contributed by atoms with Crippen LogP contribution in [0.3, 0.4) is 0 Å². The van der Waals surface area contributed by atoms with Crippen LogP contribution in [0.5, 0.6) is 0 Å². The number of amides is 3. The molecule has 3 fully saturated rings. The SMILES string of the molecule is CNC(=O)[C@H]1[C@H]2C(=O)N([C@H](CO)c3ccccc3)C(C(=O)Nc3ccc(Cl)cc3)C23CC(Br)[C@@H]1S3. The van der Waals surface area contributed by atoms with Crippen LogP contribution in [-0.4, -0.2) is 62.2 Å². The number of rotatable bonds is 6. The van der Waals surface area contributed by atoms with Gasteiger partial charge in [0.15, 0.2) is 0 Å². The zero-order chi connectivity index (χ0) is 24.9. The lowest BCUT2D eigenvalue weighted by Gasteiger charge is -2.37. The minimum atomic E-state index is -0.877. The zero-order valence-corrected chi connectivity index (χ0v) is 22.0. The van der Waals surface area contributed by atoms with Crippen molar-refractivity contribution in [3.05, 3.63) is 65.2 Å². The molecule has 3 amide bonds. The molecule has 1 spiro atoms. The van der Waals surface area contributed by atoms with Crippen LogP contribution in [-0.2, 0) is 14.4 Å². The fraction of sp³-hybridized carbons (Fsp3) is 0.400. The lowest BCUT2D eigenvalue weighted by Crippen LogP contribution is -2.53. The number of alkyl halides is 1. The summed E-state index contributed by atoms with van der Waals surface area (Å²) in [5.41, 5.74) is 1.29. The normalized spacial score (nSPS) is 31.8. The third-order valence-corrected chi connectivity index (χ3v) is 10.8. The molecule has 3 heterocycles. The average molecular weight is 579 g/mol. The van der Waals surface area contributed by atoms with Gasteiger partial charge < -0.3 is 20.6 Å². The number of likely N-dealkylation sites (tertiary alicyclic amines) is 1. The lowest BCUT2D eigenvalue weighted by atomic mass is 9.70. The fourth-order valence-corrected chi connectivity index (χ4v) is 9.67. The van der Waals surface area contributed by atoms with Crippen LogP contribution in [0.2, 0.25) is 5.02 Å². The number of aliphatic hydroxyl groups is 1. The van der Waals surface area contributed by atoms with Gasteiger partial charge >= 0.3 is 0 Å². The summed E-state index contributed by atoms with van der Waals surface area (Å²) in [7, 11) is 1.57. The maximum atomic E-state index is 14.1. The molecule has 3 aliphatic rings. The molecule has 0 aliphatic carbocycles. The van der Waals surface area contributed by atoms with E-state index in [0.29, 0.717) is 17.1 Å². The Labute approximate surface area is 221 Å². The van der Waals surface area contributed by atoms with Crippen molar-refractivity contribution >= 4 is 62.7 Å². The number of nitrogens with zero attached hydrogens (tertiary/aromatic N) is 1. The Morgan fingerprint density at radius 3 is 2.51 bits per heavy atom. The molecule has 3 unspecified atom stereocenters. The van der Waals surface area contributed by atoms with Crippen LogP contribution < -0.4 is 10.6 Å². The Bertz CT molecular complexity index is 1150. The van der Waals surface area contributed by atoms with Gasteiger partial charge in [-0.1, -0.05) is 57.9 Å². The zero-order valence-electron chi connectivity index (χ0n) is 18.9. The summed E-state index contributed by atoms with van der Waals surface area (Å²) in [6.07, 6.45) is 0.564. The van der Waals surface area contributed by atoms with E-state index in [9.17, 15) is 19.5 Å². The average Bonchev–Trinajstić information content (AvgIpc) is 3.45. The monoisotopic (exact) mass is 577 g/mol. The number of hydrogen-bond donors (Lipinski definition) is 3. The highest BCUT2D eigenvalue weighted by Gasteiger charge is 2.76. The van der Waals surface area contributed by atoms with Gasteiger partial charge in [0, 0.05) is 27.8 Å². The standard InChI is InChI=1S/C25H25BrClN3O4S/c1-28-22(32)18-19-24(34)30(17(12-31)13-5-3-2-4-6-13)21(25(19)11-16(26)20(18)35-25)23(33)29-15-9-7-14(27)8-10-15/h2-10,16-21,31H,11-12H2,1H3,(H,28,32)(H,29,33)/t16?,17-,18+,19+,20+,21?,25?/m1/s1. The van der Waals surface area contributed by atoms with Crippen molar-refractivity contribution in [2.45, 2.75) is 33.3 Å². The van der Waals surface area contributed by atoms with E-state index in [2.05, 4.69) is 26.6 Å². The van der Waals surface area contributed by atoms with Crippen molar-refractivity contribution in [3.63, 3.8) is 0 Å². The van der Waals surface area contributed by atoms with Gasteiger partial charge in [0.1, 0.15) is 6.04 Å². The molecule has 2 aromatic carbocycles. The highest BCUT2D eigenvalue weighted by molar-refractivity contribution is 9.09. The van der Waals surface area contributed by atoms with E-state index in [1.807, 2.05) is 30.3 Å². The molecule has 7 atom stereocenters. The molecule has 3 aliphatic heterocycles. The molecule has 2 aromatic rings. The second-order valence-corrected chi connectivity index (χ2v) is 12.3. The van der Waals surface area contributed by atoms with Crippen LogP contribution in [0.4, 0.5) is 5.69 Å². The topological polar surface area (TPSA) is 98.7 Å². The summed E-state index contributed by atoms with van der Waals surface area (Å²) in [5.74, 6) is -2.05. The summed E-state index contributed by atoms with van der Waals surface area (Å²) in [6.45, 7) is -0.347. The first-order valence-corrected chi connectivity index (χ1v) is 13.6. The van der Waals surface area contributed by atoms with Crippen molar-refractivity contribution in [2.75, 3.05) is 19.0 Å². The minimum absolute atomic E-state index is 0.0195. The van der Waals surface area contributed by atoms with Gasteiger partial charge in [0.05, 0.1) is 29.2 Å². The van der Waals surface area contributed by atoms with E-state index in [1.165, 1.54) is 4.90 Å². The second-order valence-electron chi connectivity index (χ2n) is 9.13. The van der Waals surface area contributed by atoms with E-state index >= 15 is 0 Å². The molecule has 10 heteroatoms. The maximum absolute atomic E-state index is 14.1. The largest absolute Gasteiger partial charge is 0.394 e. The number of carbonyl (C=O) groups excluding carboxylic acids is 3. The number of nitrogens with one attached hydrogen (secondary N) is 2. The van der Waals surface area contributed by atoms with Crippen molar-refractivity contribution in [3.8, 4) is 0 Å². The van der Waals surface area contributed by atoms with Gasteiger partial charge in [-0.3, -0.25) is 14.4 Å². The third kappa shape index (κ3) is 3.87. The minimum Gasteiger partial charge on any atom is -0.394 e. The highest BCUT2D eigenvalue weighted by atomic mass is 79.9. The second kappa shape index (κ2) is 9.42. The Balaban J connectivity index is 1.61. The first-order chi connectivity index (χ1) is 16.8. The quantitative estimate of drug-likeness (QED) is 0.457. The molecule has 3 N–H and O–H groups in total. The smallest absolute Gasteiger partial charge is 0.248 e. The molecule has 184 valence electrons. The number of fused-ring (bicyclic) bond motifs is 1. The number of carbonyl (C=O) groups is 3. The number of halogens is 2. The van der Waals surface area contributed by atoms with E-state index < -0.39 is 28.7 Å². The molecular formula is C25H25BrClN3O4S. The summed E-state index contributed by atoms with van der Waals surface area (Å²) in [4.78, 5) is 42.5. The summed E-state index contributed by atoms with van der Waals surface area (Å²) < 4.78 is -0.800. The van der Waals surface area contributed by atoms with Crippen molar-refractivity contribution in [1.29, 1.82) is 0 Å². The number of aliphatic hydroxyl groups excluding tert-OH is 1. The van der Waals surface area contributed by atoms with Gasteiger partial charge in [0.2, 0.25) is 17.7 Å². The number of hydrogen-bond acceptors (Lipinski definition) is 5. The Hall–Kier alpha value is -2.07. The molecule has 0 aromatic heterocycles. The van der Waals surface area contributed by atoms with Crippen LogP contribution in [0.1, 0.15) is 18.0 Å². The van der Waals surface area contributed by atoms with Crippen molar-refractivity contribution in [2.24, 2.45) is 11.8 Å². The third-order valence-electron chi connectivity index (χ3n) is 7.33. The lowest BCUT2D eigenvalue weighted by molar-refractivity contribution is -0.142. The molecule has 35 heavy (non-hydrogen) atoms. The van der Waals surface area contributed by atoms with Crippen LogP contribution in [0, 0.1) is 11.8 Å². The van der Waals surface area contributed by atoms with E-state index in [-0.39, 0.29) is 34.4 Å². The first kappa shape index (κ1) is 24.6.